The Kier molecular flexibility index (Phi) is 23.0. The van der Waals surface area contributed by atoms with Gasteiger partial charge in [-0.3, -0.25) is 10.1 Å². The zero-order valence-electron chi connectivity index (χ0n) is 48.4. The van der Waals surface area contributed by atoms with Crippen molar-refractivity contribution in [3.63, 3.8) is 0 Å². The standard InChI is InChI=1S/C65H70F3N6O10P/c1-9-38-80-62(76)70-51-27-33-56-57-34-28-52(71-63(77)81-39-10-2)42-59(57)73(60(58(56)41-51)47-19-13-11-14-20-47)37-18-36-72(61(75)65(66,67)68)43-55(84-85(83-40-17-35-69)74(45(3)4)46(5)6)44-82-64(48-21-15-12-16-22-48,49-23-29-53(78-7)30-24-49)50-25-31-54(79-8)32-26-50/h9-16,19-34,41-42,45-46,55H,1-2,17-18,36-40,43-44H2,3-8H3,(H,70,76). The maximum absolute atomic E-state index is 15.3. The van der Waals surface area contributed by atoms with Crippen LogP contribution in [0.4, 0.5) is 28.4 Å². The number of hydrogen-bond donors (Lipinski definition) is 1. The van der Waals surface area contributed by atoms with E-state index in [0.29, 0.717) is 61.8 Å². The Labute approximate surface area is 495 Å². The average Bonchev–Trinajstić information content (AvgIpc) is 1.27. The summed E-state index contributed by atoms with van der Waals surface area (Å²) in [4.78, 5) is 44.8. The molecular weight excluding hydrogens is 1110 g/mol. The molecule has 0 fully saturated rings. The van der Waals surface area contributed by atoms with Gasteiger partial charge in [-0.1, -0.05) is 122 Å². The number of nitrogens with zero attached hydrogens (tertiary/aromatic N) is 5. The Balaban J connectivity index is 1.39. The van der Waals surface area contributed by atoms with Gasteiger partial charge in [0.05, 0.1) is 56.7 Å². The maximum atomic E-state index is 15.3. The first-order chi connectivity index (χ1) is 40.9. The highest BCUT2D eigenvalue weighted by Crippen LogP contribution is 2.49. The van der Waals surface area contributed by atoms with Crippen LogP contribution in [-0.4, -0.2) is 110 Å². The van der Waals surface area contributed by atoms with Crippen LogP contribution < -0.4 is 20.1 Å². The Morgan fingerprint density at radius 2 is 1.36 bits per heavy atom. The molecule has 5 aromatic rings. The number of benzene rings is 6. The average molecular weight is 1180 g/mol. The number of hydrogen-bond acceptors (Lipinski definition) is 12. The number of nitrogens with one attached hydrogen (secondary N) is 1. The molecule has 16 nitrogen and oxygen atoms in total. The van der Waals surface area contributed by atoms with E-state index < -0.39 is 64.2 Å². The van der Waals surface area contributed by atoms with E-state index in [2.05, 4.69) is 29.5 Å². The zero-order chi connectivity index (χ0) is 61.1. The lowest BCUT2D eigenvalue weighted by atomic mass is 9.80. The van der Waals surface area contributed by atoms with Crippen LogP contribution in [0.5, 0.6) is 11.5 Å². The molecule has 3 amide bonds. The van der Waals surface area contributed by atoms with Crippen molar-refractivity contribution in [3.05, 3.63) is 193 Å². The number of amides is 3. The van der Waals surface area contributed by atoms with Crippen LogP contribution >= 0.6 is 8.53 Å². The van der Waals surface area contributed by atoms with E-state index in [4.69, 9.17) is 32.7 Å². The number of carbonyl (C=O) groups is 3. The third-order valence-electron chi connectivity index (χ3n) is 13.6. The maximum Gasteiger partial charge on any atom is 0.471 e. The molecule has 20 heteroatoms. The van der Waals surface area contributed by atoms with Crippen LogP contribution in [-0.2, 0) is 40.2 Å². The van der Waals surface area contributed by atoms with Crippen LogP contribution in [0.3, 0.4) is 0 Å². The number of fused-ring (bicyclic) bond motifs is 3. The lowest BCUT2D eigenvalue weighted by molar-refractivity contribution is -0.187. The molecule has 0 bridgehead atoms. The molecular formula is C65H70F3N6O10P. The zero-order valence-corrected chi connectivity index (χ0v) is 49.3. The van der Waals surface area contributed by atoms with Gasteiger partial charge in [0.25, 0.3) is 8.53 Å². The van der Waals surface area contributed by atoms with Gasteiger partial charge in [-0.15, -0.1) is 0 Å². The minimum absolute atomic E-state index is 0.000690. The topological polar surface area (TPSA) is 175 Å². The molecule has 7 rings (SSSR count). The van der Waals surface area contributed by atoms with E-state index in [0.717, 1.165) is 10.3 Å². The molecule has 446 valence electrons. The molecule has 1 heterocycles. The third kappa shape index (κ3) is 16.3. The Bertz CT molecular complexity index is 3390. The van der Waals surface area contributed by atoms with E-state index in [9.17, 15) is 19.6 Å². The fraction of sp³-hybridized carbons (Fsp3) is 0.308. The molecule has 0 spiro atoms. The van der Waals surface area contributed by atoms with Gasteiger partial charge in [-0.25, -0.2) is 14.3 Å². The fourth-order valence-electron chi connectivity index (χ4n) is 10.0. The SMILES string of the molecule is C=CCOC(=O)N=c1ccc2c3ccc(NC(=O)OCC=C)cc3c(-c3ccccc3)n(CCCN(CC(COC(c3ccccc3)(c3ccc(OC)cc3)c3ccc(OC)cc3)OP(OCCC#N)N(C(C)C)C(C)C)C(=O)C(F)(F)F)c-2c1. The summed E-state index contributed by atoms with van der Waals surface area (Å²) in [7, 11) is 0.966. The smallest absolute Gasteiger partial charge is 0.471 e. The van der Waals surface area contributed by atoms with Gasteiger partial charge in [0, 0.05) is 48.4 Å². The van der Waals surface area contributed by atoms with Crippen molar-refractivity contribution in [2.45, 2.75) is 77.0 Å². The number of anilines is 1. The van der Waals surface area contributed by atoms with Gasteiger partial charge in [0.2, 0.25) is 0 Å². The highest BCUT2D eigenvalue weighted by atomic mass is 31.2. The summed E-state index contributed by atoms with van der Waals surface area (Å²) in [5.74, 6) is -0.979. The van der Waals surface area contributed by atoms with Crippen LogP contribution in [0.2, 0.25) is 0 Å². The van der Waals surface area contributed by atoms with Crippen molar-refractivity contribution in [3.8, 4) is 40.1 Å². The molecule has 0 saturated heterocycles. The summed E-state index contributed by atoms with van der Waals surface area (Å²) in [6, 6.07) is 45.3. The van der Waals surface area contributed by atoms with Gasteiger partial charge < -0.3 is 42.2 Å². The van der Waals surface area contributed by atoms with Crippen molar-refractivity contribution < 1.29 is 60.3 Å². The second-order valence-electron chi connectivity index (χ2n) is 20.0. The molecule has 2 atom stereocenters. The Morgan fingerprint density at radius 3 is 1.94 bits per heavy atom. The number of halogens is 3. The molecule has 2 unspecified atom stereocenters. The first-order valence-electron chi connectivity index (χ1n) is 27.6. The first kappa shape index (κ1) is 64.2. The molecule has 5 aromatic carbocycles. The molecule has 1 aliphatic carbocycles. The lowest BCUT2D eigenvalue weighted by Gasteiger charge is -2.40. The van der Waals surface area contributed by atoms with E-state index in [1.807, 2.05) is 128 Å². The second-order valence-corrected chi connectivity index (χ2v) is 21.4. The largest absolute Gasteiger partial charge is 0.497 e. The van der Waals surface area contributed by atoms with Gasteiger partial charge >= 0.3 is 24.3 Å². The van der Waals surface area contributed by atoms with E-state index in [1.54, 1.807) is 68.8 Å². The van der Waals surface area contributed by atoms with Crippen LogP contribution in [0.1, 0.15) is 57.2 Å². The molecule has 85 heavy (non-hydrogen) atoms. The third-order valence-corrected chi connectivity index (χ3v) is 15.8. The fourth-order valence-corrected chi connectivity index (χ4v) is 11.7. The van der Waals surface area contributed by atoms with Gasteiger partial charge in [-0.05, 0) is 110 Å². The number of rotatable bonds is 28. The number of aromatic nitrogens is 1. The number of ether oxygens (including phenoxy) is 5. The minimum Gasteiger partial charge on any atom is -0.497 e. The van der Waals surface area contributed by atoms with Crippen LogP contribution in [0.25, 0.3) is 33.3 Å². The van der Waals surface area contributed by atoms with Crippen molar-refractivity contribution >= 4 is 43.1 Å². The summed E-state index contributed by atoms with van der Waals surface area (Å²) >= 11 is 0. The summed E-state index contributed by atoms with van der Waals surface area (Å²) in [5, 5.41) is 14.0. The molecule has 0 aromatic heterocycles. The Hall–Kier alpha value is -8.37. The number of alkyl halides is 3. The molecule has 0 radical (unpaired) electrons. The quantitative estimate of drug-likeness (QED) is 0.0162. The van der Waals surface area contributed by atoms with Crippen molar-refractivity contribution in [2.24, 2.45) is 4.99 Å². The number of pyridine rings is 1. The molecule has 1 aliphatic heterocycles. The predicted octanol–water partition coefficient (Wildman–Crippen LogP) is 13.8. The molecule has 1 N–H and O–H groups in total. The highest BCUT2D eigenvalue weighted by molar-refractivity contribution is 7.44. The summed E-state index contributed by atoms with van der Waals surface area (Å²) in [6.45, 7) is 13.3. The van der Waals surface area contributed by atoms with Crippen molar-refractivity contribution in [2.75, 3.05) is 59.1 Å². The summed E-state index contributed by atoms with van der Waals surface area (Å²) < 4.78 is 92.0. The van der Waals surface area contributed by atoms with Gasteiger partial charge in [-0.2, -0.15) is 23.4 Å². The second kappa shape index (κ2) is 30.4. The number of nitriles is 1. The van der Waals surface area contributed by atoms with E-state index >= 15 is 13.2 Å². The van der Waals surface area contributed by atoms with Crippen LogP contribution in [0.15, 0.2) is 176 Å². The van der Waals surface area contributed by atoms with Gasteiger partial charge in [0.1, 0.15) is 36.4 Å². The normalized spacial score (nSPS) is 12.7. The first-order valence-corrected chi connectivity index (χ1v) is 28.7. The monoisotopic (exact) mass is 1180 g/mol. The predicted molar refractivity (Wildman–Crippen MR) is 322 cm³/mol. The lowest BCUT2D eigenvalue weighted by Crippen LogP contribution is -2.48. The minimum atomic E-state index is -5.34. The van der Waals surface area contributed by atoms with Crippen LogP contribution in [0, 0.1) is 11.3 Å². The highest BCUT2D eigenvalue weighted by Gasteiger charge is 2.45. The number of methoxy groups -OCH3 is 2. The molecule has 2 aliphatic rings. The summed E-state index contributed by atoms with van der Waals surface area (Å²) in [6.07, 6.45) is -5.47. The van der Waals surface area contributed by atoms with E-state index in [-0.39, 0.29) is 56.6 Å². The summed E-state index contributed by atoms with van der Waals surface area (Å²) in [5.41, 5.74) is 3.37. The van der Waals surface area contributed by atoms with Crippen molar-refractivity contribution in [1.29, 1.82) is 5.26 Å². The van der Waals surface area contributed by atoms with Gasteiger partial charge in [0.15, 0.2) is 0 Å². The Morgan fingerprint density at radius 1 is 0.765 bits per heavy atom. The molecule has 0 saturated carbocycles. The number of carbonyl (C=O) groups excluding carboxylic acids is 3. The van der Waals surface area contributed by atoms with Crippen molar-refractivity contribution in [1.82, 2.24) is 14.1 Å². The van der Waals surface area contributed by atoms with E-state index in [1.165, 1.54) is 12.2 Å².